The summed E-state index contributed by atoms with van der Waals surface area (Å²) in [6.07, 6.45) is 3.71. The smallest absolute Gasteiger partial charge is 0.426 e. The molecular formula is C23H26BF2N3O4S. The van der Waals surface area contributed by atoms with E-state index in [1.807, 2.05) is 30.5 Å². The number of H-pyrrole nitrogens is 1. The molecule has 0 spiro atoms. The van der Waals surface area contributed by atoms with Crippen LogP contribution in [0, 0.1) is 11.6 Å². The molecule has 7 nitrogen and oxygen atoms in total. The molecule has 0 aliphatic heterocycles. The molecule has 0 unspecified atom stereocenters. The van der Waals surface area contributed by atoms with E-state index in [0.717, 1.165) is 28.6 Å². The average Bonchev–Trinajstić information content (AvgIpc) is 3.18. The van der Waals surface area contributed by atoms with Crippen molar-refractivity contribution >= 4 is 41.6 Å². The number of amides is 2. The largest absolute Gasteiger partial charge is 0.475 e. The van der Waals surface area contributed by atoms with Crippen molar-refractivity contribution in [2.45, 2.75) is 31.2 Å². The van der Waals surface area contributed by atoms with Gasteiger partial charge in [0.25, 0.3) is 0 Å². The second-order valence-electron chi connectivity index (χ2n) is 7.95. The number of hydrogen-bond acceptors (Lipinski definition) is 5. The lowest BCUT2D eigenvalue weighted by molar-refractivity contribution is -0.128. The summed E-state index contributed by atoms with van der Waals surface area (Å²) in [5.74, 6) is -3.13. The Kier molecular flexibility index (Phi) is 9.09. The maximum Gasteiger partial charge on any atom is 0.475 e. The molecule has 0 aliphatic rings. The zero-order chi connectivity index (χ0) is 24.7. The Labute approximate surface area is 200 Å². The van der Waals surface area contributed by atoms with Gasteiger partial charge in [0.15, 0.2) is 0 Å². The Morgan fingerprint density at radius 3 is 2.50 bits per heavy atom. The normalized spacial score (nSPS) is 12.9. The van der Waals surface area contributed by atoms with Crippen molar-refractivity contribution in [1.29, 1.82) is 0 Å². The number of halogens is 2. The van der Waals surface area contributed by atoms with Crippen LogP contribution in [0.3, 0.4) is 0 Å². The summed E-state index contributed by atoms with van der Waals surface area (Å²) in [6.45, 7) is 0. The van der Waals surface area contributed by atoms with Gasteiger partial charge >= 0.3 is 7.12 Å². The van der Waals surface area contributed by atoms with Crippen LogP contribution in [0.2, 0.25) is 0 Å². The highest BCUT2D eigenvalue weighted by atomic mass is 32.2. The number of carbonyl (C=O) groups is 2. The number of thioether (sulfide) groups is 1. The fraction of sp³-hybridized carbons (Fsp3) is 0.304. The molecule has 0 saturated heterocycles. The molecule has 0 aliphatic carbocycles. The molecule has 0 radical (unpaired) electrons. The Balaban J connectivity index is 1.80. The van der Waals surface area contributed by atoms with Gasteiger partial charge in [0, 0.05) is 29.6 Å². The van der Waals surface area contributed by atoms with Gasteiger partial charge in [0.1, 0.15) is 17.7 Å². The highest BCUT2D eigenvalue weighted by Crippen LogP contribution is 2.19. The average molecular weight is 489 g/mol. The van der Waals surface area contributed by atoms with Gasteiger partial charge < -0.3 is 25.7 Å². The van der Waals surface area contributed by atoms with Crippen LogP contribution in [0.25, 0.3) is 10.9 Å². The Morgan fingerprint density at radius 2 is 1.82 bits per heavy atom. The van der Waals surface area contributed by atoms with Crippen molar-refractivity contribution in [2.24, 2.45) is 0 Å². The van der Waals surface area contributed by atoms with Crippen molar-refractivity contribution in [1.82, 2.24) is 15.6 Å². The van der Waals surface area contributed by atoms with Crippen molar-refractivity contribution in [3.05, 3.63) is 71.4 Å². The van der Waals surface area contributed by atoms with Crippen molar-refractivity contribution < 1.29 is 28.4 Å². The van der Waals surface area contributed by atoms with Crippen LogP contribution in [0.1, 0.15) is 17.5 Å². The summed E-state index contributed by atoms with van der Waals surface area (Å²) in [7, 11) is -1.77. The number of rotatable bonds is 11. The molecular weight excluding hydrogens is 463 g/mol. The molecule has 2 aromatic carbocycles. The number of fused-ring (bicyclic) bond motifs is 1. The number of carbonyl (C=O) groups excluding carboxylic acids is 2. The van der Waals surface area contributed by atoms with Crippen LogP contribution < -0.4 is 10.6 Å². The molecule has 34 heavy (non-hydrogen) atoms. The van der Waals surface area contributed by atoms with Gasteiger partial charge in [-0.15, -0.1) is 0 Å². The van der Waals surface area contributed by atoms with E-state index in [2.05, 4.69) is 15.6 Å². The van der Waals surface area contributed by atoms with Crippen LogP contribution >= 0.6 is 11.8 Å². The van der Waals surface area contributed by atoms with Crippen molar-refractivity contribution in [2.75, 3.05) is 12.0 Å². The molecule has 1 aromatic heterocycles. The monoisotopic (exact) mass is 489 g/mol. The summed E-state index contributed by atoms with van der Waals surface area (Å²) in [5.41, 5.74) is 1.77. The van der Waals surface area contributed by atoms with Crippen molar-refractivity contribution in [3.8, 4) is 0 Å². The van der Waals surface area contributed by atoms with Gasteiger partial charge in [-0.25, -0.2) is 8.78 Å². The zero-order valence-electron chi connectivity index (χ0n) is 18.6. The molecule has 2 atom stereocenters. The molecule has 3 rings (SSSR count). The SMILES string of the molecule is CSCC[C@H](NC(=O)[C@H](Cc1c[nH]c2ccccc12)NC(=O)Cc1cc(F)cc(F)c1)B(O)O. The predicted octanol–water partition coefficient (Wildman–Crippen LogP) is 1.97. The van der Waals surface area contributed by atoms with E-state index < -0.39 is 42.6 Å². The first kappa shape index (κ1) is 25.7. The second-order valence-corrected chi connectivity index (χ2v) is 8.93. The van der Waals surface area contributed by atoms with E-state index in [1.54, 1.807) is 6.20 Å². The Morgan fingerprint density at radius 1 is 1.12 bits per heavy atom. The topological polar surface area (TPSA) is 114 Å². The lowest BCUT2D eigenvalue weighted by Crippen LogP contribution is -2.55. The van der Waals surface area contributed by atoms with Crippen molar-refractivity contribution in [3.63, 3.8) is 0 Å². The van der Waals surface area contributed by atoms with E-state index >= 15 is 0 Å². The number of aromatic nitrogens is 1. The Hall–Kier alpha value is -2.89. The van der Waals surface area contributed by atoms with Crippen LogP contribution in [-0.2, 0) is 22.4 Å². The van der Waals surface area contributed by atoms with E-state index in [-0.39, 0.29) is 18.4 Å². The molecule has 5 N–H and O–H groups in total. The lowest BCUT2D eigenvalue weighted by atomic mass is 9.77. The number of benzene rings is 2. The third-order valence-corrected chi connectivity index (χ3v) is 6.00. The first-order valence-electron chi connectivity index (χ1n) is 10.7. The number of nitrogens with one attached hydrogen (secondary N) is 3. The van der Waals surface area contributed by atoms with Crippen LogP contribution in [-0.4, -0.2) is 58.0 Å². The summed E-state index contributed by atoms with van der Waals surface area (Å²) >= 11 is 1.49. The molecule has 1 heterocycles. The third kappa shape index (κ3) is 7.05. The second kappa shape index (κ2) is 12.0. The molecule has 0 bridgehead atoms. The summed E-state index contributed by atoms with van der Waals surface area (Å²) in [5, 5.41) is 25.4. The highest BCUT2D eigenvalue weighted by Gasteiger charge is 2.29. The highest BCUT2D eigenvalue weighted by molar-refractivity contribution is 7.98. The number of aromatic amines is 1. The third-order valence-electron chi connectivity index (χ3n) is 5.36. The Bertz CT molecular complexity index is 1120. The van der Waals surface area contributed by atoms with Gasteiger partial charge in [0.2, 0.25) is 11.8 Å². The fourth-order valence-corrected chi connectivity index (χ4v) is 4.19. The quantitative estimate of drug-likeness (QED) is 0.264. The van der Waals surface area contributed by atoms with Gasteiger partial charge in [-0.2, -0.15) is 11.8 Å². The van der Waals surface area contributed by atoms with E-state index in [1.165, 1.54) is 11.8 Å². The summed E-state index contributed by atoms with van der Waals surface area (Å²) < 4.78 is 27.0. The first-order valence-corrected chi connectivity index (χ1v) is 12.1. The zero-order valence-corrected chi connectivity index (χ0v) is 19.4. The summed E-state index contributed by atoms with van der Waals surface area (Å²) in [4.78, 5) is 28.9. The van der Waals surface area contributed by atoms with Gasteiger partial charge in [-0.1, -0.05) is 18.2 Å². The van der Waals surface area contributed by atoms with Gasteiger partial charge in [0.05, 0.1) is 12.4 Å². The minimum Gasteiger partial charge on any atom is -0.426 e. The fourth-order valence-electron chi connectivity index (χ4n) is 3.70. The first-order chi connectivity index (χ1) is 16.3. The minimum atomic E-state index is -1.77. The number of para-hydroxylation sites is 1. The molecule has 0 saturated carbocycles. The van der Waals surface area contributed by atoms with E-state index in [4.69, 9.17) is 0 Å². The predicted molar refractivity (Wildman–Crippen MR) is 129 cm³/mol. The molecule has 0 fully saturated rings. The van der Waals surface area contributed by atoms with Crippen LogP contribution in [0.5, 0.6) is 0 Å². The maximum absolute atomic E-state index is 13.5. The molecule has 11 heteroatoms. The molecule has 180 valence electrons. The van der Waals surface area contributed by atoms with E-state index in [9.17, 15) is 28.4 Å². The molecule has 2 amide bonds. The standard InChI is InChI=1S/C23H26BF2N3O4S/c1-34-7-6-21(24(32)33)29-23(31)20(11-15-13-27-19-5-3-2-4-18(15)19)28-22(30)10-14-8-16(25)12-17(26)9-14/h2-5,8-9,12-13,20-21,27,32-33H,6-7,10-11H2,1H3,(H,28,30)(H,29,31)/t20-,21-/m0/s1. The lowest BCUT2D eigenvalue weighted by Gasteiger charge is -2.23. The number of hydrogen-bond donors (Lipinski definition) is 5. The van der Waals surface area contributed by atoms with Crippen LogP contribution in [0.4, 0.5) is 8.78 Å². The minimum absolute atomic E-state index is 0.121. The maximum atomic E-state index is 13.5. The van der Waals surface area contributed by atoms with Gasteiger partial charge in [-0.05, 0) is 47.8 Å². The molecule has 3 aromatic rings. The summed E-state index contributed by atoms with van der Waals surface area (Å²) in [6, 6.07) is 9.25. The van der Waals surface area contributed by atoms with Crippen LogP contribution in [0.15, 0.2) is 48.7 Å². The van der Waals surface area contributed by atoms with Gasteiger partial charge in [-0.3, -0.25) is 9.59 Å². The van der Waals surface area contributed by atoms with E-state index in [0.29, 0.717) is 18.2 Å².